The summed E-state index contributed by atoms with van der Waals surface area (Å²) in [7, 11) is 0. The highest BCUT2D eigenvalue weighted by Gasteiger charge is 2.28. The van der Waals surface area contributed by atoms with E-state index in [4.69, 9.17) is 0 Å². The van der Waals surface area contributed by atoms with Gasteiger partial charge in [-0.15, -0.1) is 11.3 Å². The fourth-order valence-electron chi connectivity index (χ4n) is 3.75. The number of nitro benzene ring substituents is 1. The van der Waals surface area contributed by atoms with Gasteiger partial charge >= 0.3 is 0 Å². The minimum absolute atomic E-state index is 0.0157. The first-order valence-electron chi connectivity index (χ1n) is 9.40. The number of aliphatic hydroxyl groups excluding tert-OH is 1. The molecule has 1 amide bonds. The zero-order valence-corrected chi connectivity index (χ0v) is 16.8. The molecule has 8 heteroatoms. The maximum Gasteiger partial charge on any atom is 0.292 e. The molecule has 3 aromatic rings. The summed E-state index contributed by atoms with van der Waals surface area (Å²) in [6, 6.07) is 12.6. The average Bonchev–Trinajstić information content (AvgIpc) is 3.09. The van der Waals surface area contributed by atoms with Gasteiger partial charge in [0.25, 0.3) is 11.6 Å². The van der Waals surface area contributed by atoms with Crippen LogP contribution in [0.3, 0.4) is 0 Å². The fraction of sp³-hybridized carbons (Fsp3) is 0.286. The Bertz CT molecular complexity index is 1090. The number of aliphatic hydroxyl groups is 1. The van der Waals surface area contributed by atoms with Crippen LogP contribution >= 0.6 is 11.3 Å². The number of thiophene rings is 1. The first-order valence-corrected chi connectivity index (χ1v) is 10.2. The third-order valence-electron chi connectivity index (χ3n) is 5.36. The number of fused-ring (bicyclic) bond motifs is 1. The van der Waals surface area contributed by atoms with Gasteiger partial charge < -0.3 is 14.9 Å². The summed E-state index contributed by atoms with van der Waals surface area (Å²) < 4.78 is 1.10. The Kier molecular flexibility index (Phi) is 5.21. The summed E-state index contributed by atoms with van der Waals surface area (Å²) >= 11 is 1.51. The second-order valence-electron chi connectivity index (χ2n) is 7.07. The molecule has 29 heavy (non-hydrogen) atoms. The Morgan fingerprint density at radius 2 is 1.90 bits per heavy atom. The van der Waals surface area contributed by atoms with Crippen molar-refractivity contribution in [2.24, 2.45) is 0 Å². The molecule has 2 heterocycles. The van der Waals surface area contributed by atoms with Crippen LogP contribution in [0.5, 0.6) is 0 Å². The van der Waals surface area contributed by atoms with Crippen molar-refractivity contribution in [2.45, 2.75) is 13.5 Å². The Morgan fingerprint density at radius 1 is 1.17 bits per heavy atom. The number of amides is 1. The zero-order chi connectivity index (χ0) is 20.5. The van der Waals surface area contributed by atoms with Crippen molar-refractivity contribution in [3.05, 3.63) is 68.6 Å². The van der Waals surface area contributed by atoms with E-state index < -0.39 is 4.92 Å². The van der Waals surface area contributed by atoms with E-state index in [1.807, 2.05) is 41.0 Å². The van der Waals surface area contributed by atoms with Crippen molar-refractivity contribution >= 4 is 38.7 Å². The van der Waals surface area contributed by atoms with E-state index in [0.717, 1.165) is 20.5 Å². The second-order valence-corrected chi connectivity index (χ2v) is 8.12. The van der Waals surface area contributed by atoms with Gasteiger partial charge in [0.05, 0.1) is 16.4 Å². The predicted octanol–water partition coefficient (Wildman–Crippen LogP) is 3.57. The van der Waals surface area contributed by atoms with Gasteiger partial charge in [0.15, 0.2) is 0 Å². The number of hydrogen-bond acceptors (Lipinski definition) is 6. The average molecular weight is 411 g/mol. The zero-order valence-electron chi connectivity index (χ0n) is 16.0. The summed E-state index contributed by atoms with van der Waals surface area (Å²) in [6.45, 7) is 3.80. The molecule has 0 bridgehead atoms. The molecule has 0 aliphatic carbocycles. The summed E-state index contributed by atoms with van der Waals surface area (Å²) in [5.74, 6) is 0.0157. The second kappa shape index (κ2) is 7.81. The van der Waals surface area contributed by atoms with Crippen LogP contribution in [0.1, 0.15) is 20.8 Å². The summed E-state index contributed by atoms with van der Waals surface area (Å²) in [4.78, 5) is 28.6. The van der Waals surface area contributed by atoms with E-state index in [1.54, 1.807) is 12.1 Å². The lowest BCUT2D eigenvalue weighted by atomic mass is 10.1. The van der Waals surface area contributed by atoms with Crippen LogP contribution in [-0.4, -0.2) is 47.0 Å². The van der Waals surface area contributed by atoms with Crippen molar-refractivity contribution in [1.82, 2.24) is 4.90 Å². The smallest absolute Gasteiger partial charge is 0.292 e. The maximum atomic E-state index is 13.1. The Labute approximate surface area is 171 Å². The topological polar surface area (TPSA) is 86.9 Å². The van der Waals surface area contributed by atoms with Gasteiger partial charge in [-0.25, -0.2) is 0 Å². The van der Waals surface area contributed by atoms with Gasteiger partial charge in [-0.1, -0.05) is 18.2 Å². The first kappa shape index (κ1) is 19.4. The lowest BCUT2D eigenvalue weighted by Gasteiger charge is -2.35. The molecular weight excluding hydrogens is 390 g/mol. The molecule has 0 saturated carbocycles. The van der Waals surface area contributed by atoms with Crippen molar-refractivity contribution < 1.29 is 14.8 Å². The largest absolute Gasteiger partial charge is 0.392 e. The molecule has 7 nitrogen and oxygen atoms in total. The Hall–Kier alpha value is -2.97. The van der Waals surface area contributed by atoms with Crippen molar-refractivity contribution in [2.75, 3.05) is 31.1 Å². The van der Waals surface area contributed by atoms with Crippen LogP contribution in [0.2, 0.25) is 0 Å². The first-order chi connectivity index (χ1) is 14.0. The molecule has 1 aliphatic rings. The van der Waals surface area contributed by atoms with Crippen LogP contribution in [0.25, 0.3) is 10.1 Å². The molecule has 0 radical (unpaired) electrons. The van der Waals surface area contributed by atoms with Gasteiger partial charge in [0.2, 0.25) is 0 Å². The molecule has 1 aliphatic heterocycles. The van der Waals surface area contributed by atoms with Crippen LogP contribution < -0.4 is 4.90 Å². The lowest BCUT2D eigenvalue weighted by Crippen LogP contribution is -2.48. The normalized spacial score (nSPS) is 14.4. The molecule has 150 valence electrons. The third kappa shape index (κ3) is 3.56. The quantitative estimate of drug-likeness (QED) is 0.524. The van der Waals surface area contributed by atoms with E-state index in [-0.39, 0.29) is 18.2 Å². The van der Waals surface area contributed by atoms with Crippen molar-refractivity contribution in [1.29, 1.82) is 0 Å². The molecule has 1 fully saturated rings. The lowest BCUT2D eigenvalue weighted by molar-refractivity contribution is -0.384. The SMILES string of the molecule is Cc1c(C(=O)N2CCN(c3cc(CO)ccc3[N+](=O)[O-])CC2)sc2ccccc12. The molecule has 4 rings (SSSR count). The fourth-order valence-corrected chi connectivity index (χ4v) is 4.92. The van der Waals surface area contributed by atoms with Gasteiger partial charge in [0, 0.05) is 36.9 Å². The van der Waals surface area contributed by atoms with E-state index >= 15 is 0 Å². The molecule has 1 saturated heterocycles. The highest BCUT2D eigenvalue weighted by Crippen LogP contribution is 2.33. The molecule has 2 aromatic carbocycles. The molecule has 1 N–H and O–H groups in total. The number of carbonyl (C=O) groups excluding carboxylic acids is 1. The number of hydrogen-bond donors (Lipinski definition) is 1. The maximum absolute atomic E-state index is 13.1. The Balaban J connectivity index is 1.53. The van der Waals surface area contributed by atoms with Gasteiger partial charge in [0.1, 0.15) is 5.69 Å². The van der Waals surface area contributed by atoms with Crippen LogP contribution in [-0.2, 0) is 6.61 Å². The van der Waals surface area contributed by atoms with Gasteiger partial charge in [-0.2, -0.15) is 0 Å². The highest BCUT2D eigenvalue weighted by molar-refractivity contribution is 7.21. The van der Waals surface area contributed by atoms with E-state index in [0.29, 0.717) is 37.4 Å². The van der Waals surface area contributed by atoms with Crippen LogP contribution in [0.15, 0.2) is 42.5 Å². The van der Waals surface area contributed by atoms with E-state index in [2.05, 4.69) is 0 Å². The Morgan fingerprint density at radius 3 is 2.55 bits per heavy atom. The van der Waals surface area contributed by atoms with Gasteiger partial charge in [-0.05, 0) is 41.6 Å². The summed E-state index contributed by atoms with van der Waals surface area (Å²) in [5.41, 5.74) is 2.14. The minimum Gasteiger partial charge on any atom is -0.392 e. The number of carbonyl (C=O) groups is 1. The monoisotopic (exact) mass is 411 g/mol. The number of aryl methyl sites for hydroxylation is 1. The molecule has 1 aromatic heterocycles. The standard InChI is InChI=1S/C21H21N3O4S/c1-14-16-4-2-3-5-19(16)29-20(14)21(26)23-10-8-22(9-11-23)18-12-15(13-25)6-7-17(18)24(27)28/h2-7,12,25H,8-11,13H2,1H3. The summed E-state index contributed by atoms with van der Waals surface area (Å²) in [6.07, 6.45) is 0. The van der Waals surface area contributed by atoms with Crippen LogP contribution in [0.4, 0.5) is 11.4 Å². The number of nitro groups is 1. The number of piperazine rings is 1. The van der Waals surface area contributed by atoms with E-state index in [1.165, 1.54) is 17.4 Å². The minimum atomic E-state index is -0.408. The summed E-state index contributed by atoms with van der Waals surface area (Å²) in [5, 5.41) is 21.9. The number of rotatable bonds is 4. The van der Waals surface area contributed by atoms with E-state index in [9.17, 15) is 20.0 Å². The van der Waals surface area contributed by atoms with Gasteiger partial charge in [-0.3, -0.25) is 14.9 Å². The molecule has 0 unspecified atom stereocenters. The molecular formula is C21H21N3O4S. The number of nitrogens with zero attached hydrogens (tertiary/aromatic N) is 3. The predicted molar refractivity (Wildman–Crippen MR) is 114 cm³/mol. The third-order valence-corrected chi connectivity index (χ3v) is 6.63. The van der Waals surface area contributed by atoms with Crippen LogP contribution in [0, 0.1) is 17.0 Å². The molecule has 0 spiro atoms. The van der Waals surface area contributed by atoms with Crippen molar-refractivity contribution in [3.63, 3.8) is 0 Å². The van der Waals surface area contributed by atoms with Crippen molar-refractivity contribution in [3.8, 4) is 0 Å². The number of benzene rings is 2. The number of anilines is 1. The molecule has 0 atom stereocenters. The highest BCUT2D eigenvalue weighted by atomic mass is 32.1.